The summed E-state index contributed by atoms with van der Waals surface area (Å²) in [6.45, 7) is 10.8. The van der Waals surface area contributed by atoms with Crippen LogP contribution in [-0.2, 0) is 45.2 Å². The van der Waals surface area contributed by atoms with Gasteiger partial charge < -0.3 is 43.7 Å². The summed E-state index contributed by atoms with van der Waals surface area (Å²) >= 11 is 0. The first-order valence-electron chi connectivity index (χ1n) is 16.1. The Labute approximate surface area is 274 Å². The molecule has 2 N–H and O–H groups in total. The lowest BCUT2D eigenvalue weighted by Crippen LogP contribution is -2.74. The van der Waals surface area contributed by atoms with Crippen LogP contribution in [0.4, 0.5) is 4.79 Å². The highest BCUT2D eigenvalue weighted by Gasteiger charge is 2.72. The first-order chi connectivity index (χ1) is 22.0. The van der Waals surface area contributed by atoms with Gasteiger partial charge in [-0.15, -0.1) is 0 Å². The van der Waals surface area contributed by atoms with E-state index in [2.05, 4.69) is 10.2 Å². The number of ether oxygens (including phenoxy) is 6. The predicted octanol–water partition coefficient (Wildman–Crippen LogP) is 2.93. The van der Waals surface area contributed by atoms with Crippen LogP contribution >= 0.6 is 0 Å². The lowest BCUT2D eigenvalue weighted by molar-refractivity contribution is -0.176. The van der Waals surface area contributed by atoms with Crippen LogP contribution in [0.3, 0.4) is 0 Å². The van der Waals surface area contributed by atoms with Crippen molar-refractivity contribution < 1.29 is 52.7 Å². The Kier molecular flexibility index (Phi) is 9.28. The Morgan fingerprint density at radius 1 is 1.15 bits per heavy atom. The van der Waals surface area contributed by atoms with Gasteiger partial charge in [0.2, 0.25) is 0 Å². The number of hydrogen-bond donors (Lipinski definition) is 2. The monoisotopic (exact) mass is 658 g/mol. The van der Waals surface area contributed by atoms with E-state index in [1.165, 1.54) is 6.92 Å². The van der Waals surface area contributed by atoms with E-state index in [-0.39, 0.29) is 30.7 Å². The molecule has 13 nitrogen and oxygen atoms in total. The summed E-state index contributed by atoms with van der Waals surface area (Å²) in [5, 5.41) is 14.7. The molecule has 0 saturated carbocycles. The molecule has 0 aromatic heterocycles. The van der Waals surface area contributed by atoms with E-state index in [9.17, 15) is 24.3 Å². The molecule has 5 rings (SSSR count). The van der Waals surface area contributed by atoms with Gasteiger partial charge in [-0.3, -0.25) is 4.79 Å². The van der Waals surface area contributed by atoms with Crippen molar-refractivity contribution in [2.24, 2.45) is 5.92 Å². The summed E-state index contributed by atoms with van der Waals surface area (Å²) in [6.07, 6.45) is -0.657. The van der Waals surface area contributed by atoms with E-state index in [0.717, 1.165) is 11.1 Å². The van der Waals surface area contributed by atoms with Crippen molar-refractivity contribution >= 4 is 24.0 Å². The van der Waals surface area contributed by atoms with Gasteiger partial charge in [-0.05, 0) is 77.8 Å². The molecule has 47 heavy (non-hydrogen) atoms. The quantitative estimate of drug-likeness (QED) is 0.280. The molecular weight excluding hydrogens is 612 g/mol. The Bertz CT molecular complexity index is 1470. The number of carbonyl (C=O) groups excluding carboxylic acids is 4. The molecular formula is C34H46N2O11. The minimum atomic E-state index is -1.49. The number of amides is 1. The Morgan fingerprint density at radius 3 is 2.53 bits per heavy atom. The summed E-state index contributed by atoms with van der Waals surface area (Å²) in [7, 11) is 3.55. The number of nitrogens with one attached hydrogen (secondary N) is 1. The Morgan fingerprint density at radius 2 is 1.87 bits per heavy atom. The molecule has 2 bridgehead atoms. The van der Waals surface area contributed by atoms with Crippen LogP contribution in [-0.4, -0.2) is 96.8 Å². The first-order valence-corrected chi connectivity index (χ1v) is 16.1. The number of hydrogen-bond acceptors (Lipinski definition) is 12. The molecule has 2 heterocycles. The largest absolute Gasteiger partial charge is 0.493 e. The minimum Gasteiger partial charge on any atom is -0.493 e. The van der Waals surface area contributed by atoms with Crippen LogP contribution in [0.5, 0.6) is 11.5 Å². The Balaban J connectivity index is 1.34. The van der Waals surface area contributed by atoms with Gasteiger partial charge >= 0.3 is 24.0 Å². The summed E-state index contributed by atoms with van der Waals surface area (Å²) in [6, 6.07) is 2.19. The highest BCUT2D eigenvalue weighted by molar-refractivity contribution is 5.88. The van der Waals surface area contributed by atoms with Gasteiger partial charge in [0.25, 0.3) is 0 Å². The molecule has 1 fully saturated rings. The van der Waals surface area contributed by atoms with E-state index in [4.69, 9.17) is 28.4 Å². The molecule has 258 valence electrons. The zero-order valence-electron chi connectivity index (χ0n) is 28.3. The summed E-state index contributed by atoms with van der Waals surface area (Å²) in [5.74, 6) is -1.36. The van der Waals surface area contributed by atoms with Crippen LogP contribution in [0.25, 0.3) is 0 Å². The topological polar surface area (TPSA) is 159 Å². The SMILES string of the molecule is COc1ccc2c3c1O[C@H]1C(OC(=O)[C@H](C)OC(=O)[C@H](CC(=O)OCC(C)C)NC(=O)OC(C)(C)C)=CC[C@@]4(O)[C@@H](C2)N(C)CC[C@]314. The third-order valence-electron chi connectivity index (χ3n) is 9.33. The van der Waals surface area contributed by atoms with Crippen LogP contribution in [0.1, 0.15) is 71.9 Å². The van der Waals surface area contributed by atoms with Gasteiger partial charge in [-0.2, -0.15) is 0 Å². The lowest BCUT2D eigenvalue weighted by atomic mass is 9.50. The number of benzene rings is 1. The first kappa shape index (κ1) is 34.5. The van der Waals surface area contributed by atoms with Crippen molar-refractivity contribution in [1.82, 2.24) is 10.2 Å². The number of carbonyl (C=O) groups is 4. The molecule has 2 aliphatic heterocycles. The standard InChI is InChI=1S/C34H46N2O11/c1-18(2)17-43-25(37)16-21(35-31(40)47-32(4,5)6)30(39)44-19(3)29(38)45-23-11-12-34(41)24-15-20-9-10-22(42-8)27-26(20)33(34,28(23)46-27)13-14-36(24)7/h9-11,18-19,21,24,28,41H,12-17H2,1-8H3,(H,35,40)/t19-,21-,24+,28-,33-,34+/m0/s1. The fraction of sp³-hybridized carbons (Fsp3) is 0.647. The maximum absolute atomic E-state index is 13.4. The Hall–Kier alpha value is -3.84. The number of likely N-dealkylation sites (N-methyl/N-ethyl adjacent to an activating group) is 1. The van der Waals surface area contributed by atoms with Gasteiger partial charge in [-0.25, -0.2) is 14.4 Å². The maximum atomic E-state index is 13.4. The minimum absolute atomic E-state index is 0.0564. The predicted molar refractivity (Wildman–Crippen MR) is 167 cm³/mol. The second-order valence-corrected chi connectivity index (χ2v) is 14.3. The van der Waals surface area contributed by atoms with Crippen molar-refractivity contribution in [2.75, 3.05) is 27.3 Å². The van der Waals surface area contributed by atoms with E-state index in [1.54, 1.807) is 34.0 Å². The van der Waals surface area contributed by atoms with E-state index in [1.807, 2.05) is 33.0 Å². The second-order valence-electron chi connectivity index (χ2n) is 14.3. The summed E-state index contributed by atoms with van der Waals surface area (Å²) in [5.41, 5.74) is -1.00. The van der Waals surface area contributed by atoms with Gasteiger partial charge in [0.05, 0.1) is 31.2 Å². The number of esters is 3. The molecule has 0 unspecified atom stereocenters. The zero-order chi connectivity index (χ0) is 34.5. The van der Waals surface area contributed by atoms with E-state index in [0.29, 0.717) is 30.9 Å². The third kappa shape index (κ3) is 6.27. The van der Waals surface area contributed by atoms with E-state index < -0.39 is 65.3 Å². The molecule has 2 aliphatic carbocycles. The molecule has 6 atom stereocenters. The number of rotatable bonds is 10. The van der Waals surface area contributed by atoms with Gasteiger partial charge in [-0.1, -0.05) is 19.9 Å². The van der Waals surface area contributed by atoms with Crippen LogP contribution in [0.2, 0.25) is 0 Å². The van der Waals surface area contributed by atoms with Crippen LogP contribution < -0.4 is 14.8 Å². The molecule has 1 aromatic carbocycles. The van der Waals surface area contributed by atoms with Crippen molar-refractivity contribution in [3.05, 3.63) is 35.1 Å². The molecule has 1 saturated heterocycles. The maximum Gasteiger partial charge on any atom is 0.408 e. The number of likely N-dealkylation sites (tertiary alicyclic amines) is 1. The van der Waals surface area contributed by atoms with Crippen LogP contribution in [0.15, 0.2) is 24.0 Å². The molecule has 1 aromatic rings. The fourth-order valence-electron chi connectivity index (χ4n) is 7.22. The fourth-order valence-corrected chi connectivity index (χ4v) is 7.22. The second kappa shape index (κ2) is 12.6. The summed E-state index contributed by atoms with van der Waals surface area (Å²) in [4.78, 5) is 53.8. The average molecular weight is 659 g/mol. The molecule has 1 spiro atoms. The smallest absolute Gasteiger partial charge is 0.408 e. The summed E-state index contributed by atoms with van der Waals surface area (Å²) < 4.78 is 33.8. The molecule has 1 amide bonds. The van der Waals surface area contributed by atoms with Gasteiger partial charge in [0.15, 0.2) is 23.7 Å². The van der Waals surface area contributed by atoms with E-state index >= 15 is 0 Å². The number of methoxy groups -OCH3 is 1. The average Bonchev–Trinajstić information content (AvgIpc) is 3.34. The van der Waals surface area contributed by atoms with Crippen molar-refractivity contribution in [1.29, 1.82) is 0 Å². The van der Waals surface area contributed by atoms with Crippen molar-refractivity contribution in [2.45, 2.75) is 108 Å². The number of alkyl carbamates (subject to hydrolysis) is 1. The molecule has 4 aliphatic rings. The molecule has 0 radical (unpaired) electrons. The third-order valence-corrected chi connectivity index (χ3v) is 9.33. The van der Waals surface area contributed by atoms with Crippen molar-refractivity contribution in [3.8, 4) is 11.5 Å². The highest BCUT2D eigenvalue weighted by Crippen LogP contribution is 2.65. The number of piperidine rings is 1. The highest BCUT2D eigenvalue weighted by atomic mass is 16.6. The van der Waals surface area contributed by atoms with Gasteiger partial charge in [0, 0.05) is 18.0 Å². The van der Waals surface area contributed by atoms with Crippen molar-refractivity contribution in [3.63, 3.8) is 0 Å². The zero-order valence-corrected chi connectivity index (χ0v) is 28.3. The number of nitrogens with zero attached hydrogens (tertiary/aromatic N) is 1. The van der Waals surface area contributed by atoms with Crippen LogP contribution in [0, 0.1) is 5.92 Å². The van der Waals surface area contributed by atoms with Gasteiger partial charge in [0.1, 0.15) is 17.4 Å². The lowest BCUT2D eigenvalue weighted by Gasteiger charge is -2.61. The molecule has 13 heteroatoms. The number of aliphatic hydroxyl groups is 1. The normalized spacial score (nSPS) is 27.0.